The fourth-order valence-electron chi connectivity index (χ4n) is 3.99. The van der Waals surface area contributed by atoms with Crippen LogP contribution in [0, 0.1) is 0 Å². The highest BCUT2D eigenvalue weighted by Gasteiger charge is 2.23. The molecule has 1 saturated carbocycles. The molecule has 1 atom stereocenters. The molecule has 0 amide bonds. The second kappa shape index (κ2) is 9.76. The van der Waals surface area contributed by atoms with Crippen LogP contribution < -0.4 is 15.4 Å². The molecule has 0 bridgehead atoms. The first-order valence-corrected chi connectivity index (χ1v) is 10.1. The SMILES string of the molecule is CCN1CCCC1CNC(=NC)NCc1cccnc1OC1CCCC1. The third-order valence-electron chi connectivity index (χ3n) is 5.51. The Hall–Kier alpha value is -1.82. The van der Waals surface area contributed by atoms with Crippen LogP contribution in [0.3, 0.4) is 0 Å². The minimum Gasteiger partial charge on any atom is -0.474 e. The number of pyridine rings is 1. The highest BCUT2D eigenvalue weighted by molar-refractivity contribution is 5.79. The topological polar surface area (TPSA) is 61.8 Å². The fourth-order valence-corrected chi connectivity index (χ4v) is 3.99. The summed E-state index contributed by atoms with van der Waals surface area (Å²) in [5.41, 5.74) is 1.08. The van der Waals surface area contributed by atoms with Gasteiger partial charge in [-0.15, -0.1) is 0 Å². The van der Waals surface area contributed by atoms with Crippen molar-refractivity contribution in [1.29, 1.82) is 0 Å². The lowest BCUT2D eigenvalue weighted by molar-refractivity contribution is 0.199. The van der Waals surface area contributed by atoms with Gasteiger partial charge in [0.2, 0.25) is 5.88 Å². The number of guanidine groups is 1. The molecule has 3 rings (SSSR count). The van der Waals surface area contributed by atoms with Gasteiger partial charge in [-0.05, 0) is 57.7 Å². The van der Waals surface area contributed by atoms with Crippen molar-refractivity contribution >= 4 is 5.96 Å². The molecule has 0 spiro atoms. The van der Waals surface area contributed by atoms with Crippen molar-refractivity contribution in [2.24, 2.45) is 4.99 Å². The number of nitrogens with one attached hydrogen (secondary N) is 2. The number of aromatic nitrogens is 1. The van der Waals surface area contributed by atoms with Gasteiger partial charge < -0.3 is 15.4 Å². The lowest BCUT2D eigenvalue weighted by Crippen LogP contribution is -2.44. The normalized spacial score (nSPS) is 21.9. The van der Waals surface area contributed by atoms with E-state index in [4.69, 9.17) is 4.74 Å². The van der Waals surface area contributed by atoms with E-state index in [1.165, 1.54) is 32.2 Å². The number of likely N-dealkylation sites (tertiary alicyclic amines) is 1. The zero-order valence-electron chi connectivity index (χ0n) is 16.2. The quantitative estimate of drug-likeness (QED) is 0.579. The summed E-state index contributed by atoms with van der Waals surface area (Å²) >= 11 is 0. The van der Waals surface area contributed by atoms with E-state index in [9.17, 15) is 0 Å². The smallest absolute Gasteiger partial charge is 0.218 e. The Morgan fingerprint density at radius 2 is 2.12 bits per heavy atom. The standard InChI is InChI=1S/C20H33N5O/c1-3-25-13-7-9-17(25)15-24-20(21-2)23-14-16-8-6-12-22-19(16)26-18-10-4-5-11-18/h6,8,12,17-18H,3-5,7,9-11,13-15H2,1-2H3,(H2,21,23,24). The van der Waals surface area contributed by atoms with Crippen LogP contribution in [0.5, 0.6) is 5.88 Å². The van der Waals surface area contributed by atoms with E-state index in [-0.39, 0.29) is 0 Å². The summed E-state index contributed by atoms with van der Waals surface area (Å²) < 4.78 is 6.12. The molecule has 144 valence electrons. The van der Waals surface area contributed by atoms with Crippen molar-refractivity contribution in [3.05, 3.63) is 23.9 Å². The molecular formula is C20H33N5O. The first kappa shape index (κ1) is 19.0. The minimum absolute atomic E-state index is 0.323. The van der Waals surface area contributed by atoms with Crippen molar-refractivity contribution in [3.63, 3.8) is 0 Å². The van der Waals surface area contributed by atoms with E-state index in [0.717, 1.165) is 43.3 Å². The van der Waals surface area contributed by atoms with Gasteiger partial charge >= 0.3 is 0 Å². The van der Waals surface area contributed by atoms with E-state index in [0.29, 0.717) is 18.7 Å². The first-order valence-electron chi connectivity index (χ1n) is 10.1. The van der Waals surface area contributed by atoms with Gasteiger partial charge in [0.1, 0.15) is 6.10 Å². The van der Waals surface area contributed by atoms with Gasteiger partial charge in [0.25, 0.3) is 0 Å². The molecule has 0 radical (unpaired) electrons. The van der Waals surface area contributed by atoms with Crippen molar-refractivity contribution in [2.45, 2.75) is 64.1 Å². The number of hydrogen-bond acceptors (Lipinski definition) is 4. The number of likely N-dealkylation sites (N-methyl/N-ethyl adjacent to an activating group) is 1. The summed E-state index contributed by atoms with van der Waals surface area (Å²) in [6.45, 7) is 6.17. The van der Waals surface area contributed by atoms with E-state index in [1.54, 1.807) is 6.20 Å². The summed E-state index contributed by atoms with van der Waals surface area (Å²) in [5, 5.41) is 6.88. The zero-order valence-corrected chi connectivity index (χ0v) is 16.2. The van der Waals surface area contributed by atoms with Gasteiger partial charge in [0.15, 0.2) is 5.96 Å². The zero-order chi connectivity index (χ0) is 18.2. The molecule has 1 saturated heterocycles. The van der Waals surface area contributed by atoms with Crippen LogP contribution >= 0.6 is 0 Å². The molecule has 1 aromatic rings. The predicted molar refractivity (Wildman–Crippen MR) is 106 cm³/mol. The third kappa shape index (κ3) is 5.10. The molecular weight excluding hydrogens is 326 g/mol. The fraction of sp³-hybridized carbons (Fsp3) is 0.700. The Morgan fingerprint density at radius 1 is 1.27 bits per heavy atom. The van der Waals surface area contributed by atoms with Crippen LogP contribution in [-0.4, -0.2) is 54.7 Å². The molecule has 2 fully saturated rings. The number of ether oxygens (including phenoxy) is 1. The Labute approximate surface area is 157 Å². The number of rotatable bonds is 7. The summed E-state index contributed by atoms with van der Waals surface area (Å²) in [6.07, 6.45) is 9.49. The maximum atomic E-state index is 6.12. The van der Waals surface area contributed by atoms with Gasteiger partial charge in [0, 0.05) is 37.9 Å². The molecule has 26 heavy (non-hydrogen) atoms. The lowest BCUT2D eigenvalue weighted by Gasteiger charge is -2.24. The van der Waals surface area contributed by atoms with Gasteiger partial charge in [-0.25, -0.2) is 4.98 Å². The molecule has 2 N–H and O–H groups in total. The van der Waals surface area contributed by atoms with Gasteiger partial charge in [0.05, 0.1) is 0 Å². The number of hydrogen-bond donors (Lipinski definition) is 2. The van der Waals surface area contributed by atoms with E-state index in [1.807, 2.05) is 13.1 Å². The van der Waals surface area contributed by atoms with E-state index < -0.39 is 0 Å². The molecule has 1 aromatic heterocycles. The van der Waals surface area contributed by atoms with Gasteiger partial charge in [-0.2, -0.15) is 0 Å². The largest absolute Gasteiger partial charge is 0.474 e. The van der Waals surface area contributed by atoms with Crippen LogP contribution in [-0.2, 0) is 6.54 Å². The third-order valence-corrected chi connectivity index (χ3v) is 5.51. The molecule has 1 unspecified atom stereocenters. The molecule has 6 heteroatoms. The summed E-state index contributed by atoms with van der Waals surface area (Å²) in [5.74, 6) is 1.60. The highest BCUT2D eigenvalue weighted by Crippen LogP contribution is 2.24. The van der Waals surface area contributed by atoms with Crippen LogP contribution in [0.4, 0.5) is 0 Å². The van der Waals surface area contributed by atoms with Crippen molar-refractivity contribution in [2.75, 3.05) is 26.7 Å². The Balaban J connectivity index is 1.50. The monoisotopic (exact) mass is 359 g/mol. The van der Waals surface area contributed by atoms with Crippen LogP contribution in [0.25, 0.3) is 0 Å². The second-order valence-electron chi connectivity index (χ2n) is 7.22. The molecule has 1 aliphatic carbocycles. The van der Waals surface area contributed by atoms with Crippen molar-refractivity contribution in [3.8, 4) is 5.88 Å². The summed E-state index contributed by atoms with van der Waals surface area (Å²) in [7, 11) is 1.82. The first-order chi connectivity index (χ1) is 12.8. The number of nitrogens with zero attached hydrogens (tertiary/aromatic N) is 3. The van der Waals surface area contributed by atoms with Crippen molar-refractivity contribution < 1.29 is 4.74 Å². The Morgan fingerprint density at radius 3 is 2.88 bits per heavy atom. The molecule has 2 heterocycles. The lowest BCUT2D eigenvalue weighted by atomic mass is 10.2. The molecule has 1 aliphatic heterocycles. The predicted octanol–water partition coefficient (Wildman–Crippen LogP) is 2.55. The second-order valence-corrected chi connectivity index (χ2v) is 7.22. The Kier molecular flexibility index (Phi) is 7.12. The average molecular weight is 360 g/mol. The van der Waals surface area contributed by atoms with E-state index >= 15 is 0 Å². The van der Waals surface area contributed by atoms with E-state index in [2.05, 4.69) is 38.5 Å². The van der Waals surface area contributed by atoms with Gasteiger partial charge in [-0.3, -0.25) is 9.89 Å². The van der Waals surface area contributed by atoms with Crippen LogP contribution in [0.1, 0.15) is 51.0 Å². The van der Waals surface area contributed by atoms with Gasteiger partial charge in [-0.1, -0.05) is 13.0 Å². The summed E-state index contributed by atoms with van der Waals surface area (Å²) in [6, 6.07) is 4.65. The van der Waals surface area contributed by atoms with Crippen LogP contribution in [0.15, 0.2) is 23.3 Å². The average Bonchev–Trinajstić information content (AvgIpc) is 3.34. The maximum absolute atomic E-state index is 6.12. The maximum Gasteiger partial charge on any atom is 0.218 e. The molecule has 6 nitrogen and oxygen atoms in total. The van der Waals surface area contributed by atoms with Crippen LogP contribution in [0.2, 0.25) is 0 Å². The van der Waals surface area contributed by atoms with Crippen molar-refractivity contribution in [1.82, 2.24) is 20.5 Å². The Bertz CT molecular complexity index is 585. The summed E-state index contributed by atoms with van der Waals surface area (Å²) in [4.78, 5) is 11.3. The number of aliphatic imine (C=N–C) groups is 1. The molecule has 0 aromatic carbocycles. The highest BCUT2D eigenvalue weighted by atomic mass is 16.5. The minimum atomic E-state index is 0.323. The molecule has 2 aliphatic rings.